The Bertz CT molecular complexity index is 1320. The van der Waals surface area contributed by atoms with E-state index in [2.05, 4.69) is 20.6 Å². The van der Waals surface area contributed by atoms with Crippen molar-refractivity contribution in [2.75, 3.05) is 0 Å². The van der Waals surface area contributed by atoms with Crippen molar-refractivity contribution in [2.45, 2.75) is 6.54 Å². The molecule has 1 N–H and O–H groups in total. The van der Waals surface area contributed by atoms with Crippen molar-refractivity contribution < 1.29 is 18.1 Å². The molecule has 0 bridgehead atoms. The Morgan fingerprint density at radius 3 is 2.67 bits per heavy atom. The van der Waals surface area contributed by atoms with Crippen LogP contribution in [0.4, 0.5) is 4.39 Å². The van der Waals surface area contributed by atoms with Gasteiger partial charge >= 0.3 is 17.5 Å². The number of aromatic nitrogens is 5. The van der Waals surface area contributed by atoms with Gasteiger partial charge in [0.25, 0.3) is 5.56 Å². The predicted octanol–water partition coefficient (Wildman–Crippen LogP) is 0.643. The van der Waals surface area contributed by atoms with E-state index in [0.717, 1.165) is 21.4 Å². The number of amides is 1. The van der Waals surface area contributed by atoms with Gasteiger partial charge in [-0.25, -0.2) is 9.18 Å². The lowest BCUT2D eigenvalue weighted by Gasteiger charge is -2.07. The van der Waals surface area contributed by atoms with Gasteiger partial charge in [0.1, 0.15) is 11.6 Å². The summed E-state index contributed by atoms with van der Waals surface area (Å²) in [5, 5.41) is 10.1. The van der Waals surface area contributed by atoms with Gasteiger partial charge in [0.2, 0.25) is 5.82 Å². The molecule has 0 aliphatic carbocycles. The Morgan fingerprint density at radius 2 is 1.97 bits per heavy atom. The van der Waals surface area contributed by atoms with Crippen molar-refractivity contribution >= 4 is 5.91 Å². The van der Waals surface area contributed by atoms with Crippen molar-refractivity contribution in [1.29, 1.82) is 0 Å². The van der Waals surface area contributed by atoms with Crippen LogP contribution in [-0.4, -0.2) is 30.4 Å². The van der Waals surface area contributed by atoms with E-state index < -0.39 is 28.9 Å². The summed E-state index contributed by atoms with van der Waals surface area (Å²) in [6, 6.07) is 8.27. The first-order valence-electron chi connectivity index (χ1n) is 8.55. The summed E-state index contributed by atoms with van der Waals surface area (Å²) in [6.45, 7) is 0.0962. The van der Waals surface area contributed by atoms with Gasteiger partial charge in [-0.05, 0) is 36.4 Å². The summed E-state index contributed by atoms with van der Waals surface area (Å²) in [4.78, 5) is 40.9. The van der Waals surface area contributed by atoms with Crippen LogP contribution >= 0.6 is 0 Å². The molecule has 1 amide bonds. The molecule has 3 aromatic heterocycles. The van der Waals surface area contributed by atoms with Gasteiger partial charge in [-0.15, -0.1) is 0 Å². The number of halogens is 1. The summed E-state index contributed by atoms with van der Waals surface area (Å²) in [5.41, 5.74) is -1.65. The number of nitrogens with one attached hydrogen (secondary N) is 1. The number of carbonyl (C=O) groups excluding carboxylic acids is 1. The SMILES string of the molecule is Cn1c(=O)c(-c2noc(C(=O)NCc3ccco3)n2)nn(-c2ccc(F)cc2)c1=O. The minimum absolute atomic E-state index is 0.0962. The Kier molecular flexibility index (Phi) is 4.80. The minimum Gasteiger partial charge on any atom is -0.467 e. The standard InChI is InChI=1S/C18H13FN6O5/c1-24-17(27)13(22-25(18(24)28)11-6-4-10(19)5-7-11)14-21-16(30-23-14)15(26)20-9-12-3-2-8-29-12/h2-8H,9H2,1H3,(H,20,26). The first-order chi connectivity index (χ1) is 14.4. The molecule has 0 saturated carbocycles. The van der Waals surface area contributed by atoms with E-state index in [-0.39, 0.29) is 23.8 Å². The van der Waals surface area contributed by atoms with E-state index in [4.69, 9.17) is 8.94 Å². The highest BCUT2D eigenvalue weighted by Gasteiger charge is 2.22. The van der Waals surface area contributed by atoms with Crippen LogP contribution in [0.2, 0.25) is 0 Å². The van der Waals surface area contributed by atoms with Gasteiger partial charge in [0.05, 0.1) is 18.5 Å². The molecular weight excluding hydrogens is 399 g/mol. The fourth-order valence-corrected chi connectivity index (χ4v) is 2.53. The normalized spacial score (nSPS) is 10.9. The summed E-state index contributed by atoms with van der Waals surface area (Å²) < 4.78 is 24.9. The number of hydrogen-bond donors (Lipinski definition) is 1. The number of rotatable bonds is 5. The first-order valence-corrected chi connectivity index (χ1v) is 8.55. The molecule has 4 aromatic rings. The van der Waals surface area contributed by atoms with Gasteiger partial charge in [-0.2, -0.15) is 14.8 Å². The van der Waals surface area contributed by atoms with E-state index in [0.29, 0.717) is 5.76 Å². The fourth-order valence-electron chi connectivity index (χ4n) is 2.53. The van der Waals surface area contributed by atoms with E-state index in [9.17, 15) is 18.8 Å². The Labute approximate surface area is 166 Å². The monoisotopic (exact) mass is 412 g/mol. The lowest BCUT2D eigenvalue weighted by Crippen LogP contribution is -2.40. The molecule has 0 aliphatic heterocycles. The maximum Gasteiger partial charge on any atom is 0.351 e. The molecule has 12 heteroatoms. The smallest absolute Gasteiger partial charge is 0.351 e. The zero-order valence-electron chi connectivity index (χ0n) is 15.4. The van der Waals surface area contributed by atoms with Gasteiger partial charge in [-0.3, -0.25) is 14.2 Å². The van der Waals surface area contributed by atoms with E-state index in [1.807, 2.05) is 0 Å². The molecule has 1 aromatic carbocycles. The largest absolute Gasteiger partial charge is 0.467 e. The second kappa shape index (κ2) is 7.58. The molecule has 0 radical (unpaired) electrons. The molecule has 0 spiro atoms. The van der Waals surface area contributed by atoms with Gasteiger partial charge in [-0.1, -0.05) is 5.16 Å². The quantitative estimate of drug-likeness (QED) is 0.504. The molecular formula is C18H13FN6O5. The highest BCUT2D eigenvalue weighted by Crippen LogP contribution is 2.10. The van der Waals surface area contributed by atoms with Crippen molar-refractivity contribution in [2.24, 2.45) is 7.05 Å². The number of benzene rings is 1. The third-order valence-corrected chi connectivity index (χ3v) is 4.08. The summed E-state index contributed by atoms with van der Waals surface area (Å²) in [5.74, 6) is -1.35. The molecule has 11 nitrogen and oxygen atoms in total. The lowest BCUT2D eigenvalue weighted by atomic mass is 10.3. The second-order valence-electron chi connectivity index (χ2n) is 6.07. The maximum atomic E-state index is 13.2. The van der Waals surface area contributed by atoms with Crippen LogP contribution in [0.25, 0.3) is 17.2 Å². The summed E-state index contributed by atoms with van der Waals surface area (Å²) in [7, 11) is 1.24. The molecule has 0 fully saturated rings. The van der Waals surface area contributed by atoms with Gasteiger partial charge < -0.3 is 14.3 Å². The molecule has 0 unspecified atom stereocenters. The zero-order valence-corrected chi connectivity index (χ0v) is 15.4. The molecule has 152 valence electrons. The summed E-state index contributed by atoms with van der Waals surface area (Å²) >= 11 is 0. The van der Waals surface area contributed by atoms with Crippen molar-refractivity contribution in [3.63, 3.8) is 0 Å². The average molecular weight is 412 g/mol. The molecule has 0 atom stereocenters. The number of carbonyl (C=O) groups is 1. The molecule has 4 rings (SSSR count). The second-order valence-corrected chi connectivity index (χ2v) is 6.07. The Hall–Kier alpha value is -4.35. The molecule has 0 saturated heterocycles. The highest BCUT2D eigenvalue weighted by molar-refractivity contribution is 5.89. The van der Waals surface area contributed by atoms with E-state index in [1.54, 1.807) is 12.1 Å². The van der Waals surface area contributed by atoms with Crippen LogP contribution < -0.4 is 16.6 Å². The topological polar surface area (TPSA) is 138 Å². The fraction of sp³-hybridized carbons (Fsp3) is 0.111. The van der Waals surface area contributed by atoms with Crippen LogP contribution in [0.3, 0.4) is 0 Å². The van der Waals surface area contributed by atoms with E-state index >= 15 is 0 Å². The highest BCUT2D eigenvalue weighted by atomic mass is 19.1. The number of nitrogens with zero attached hydrogens (tertiary/aromatic N) is 5. The van der Waals surface area contributed by atoms with Crippen molar-refractivity contribution in [3.8, 4) is 17.2 Å². The van der Waals surface area contributed by atoms with Crippen LogP contribution in [0, 0.1) is 5.82 Å². The molecule has 30 heavy (non-hydrogen) atoms. The van der Waals surface area contributed by atoms with Crippen molar-refractivity contribution in [3.05, 3.63) is 81.0 Å². The maximum absolute atomic E-state index is 13.2. The van der Waals surface area contributed by atoms with Crippen molar-refractivity contribution in [1.82, 2.24) is 29.8 Å². The van der Waals surface area contributed by atoms with Gasteiger partial charge in [0, 0.05) is 7.05 Å². The Balaban J connectivity index is 1.67. The molecule has 3 heterocycles. The van der Waals surface area contributed by atoms with Crippen LogP contribution in [0.15, 0.2) is 61.2 Å². The Morgan fingerprint density at radius 1 is 1.20 bits per heavy atom. The third kappa shape index (κ3) is 3.53. The van der Waals surface area contributed by atoms with Crippen LogP contribution in [0.1, 0.15) is 16.4 Å². The first kappa shape index (κ1) is 19.0. The summed E-state index contributed by atoms with van der Waals surface area (Å²) in [6.07, 6.45) is 1.46. The average Bonchev–Trinajstić information content (AvgIpc) is 3.44. The predicted molar refractivity (Wildman–Crippen MR) is 98.2 cm³/mol. The van der Waals surface area contributed by atoms with Crippen LogP contribution in [-0.2, 0) is 13.6 Å². The molecule has 0 aliphatic rings. The number of furan rings is 1. The van der Waals surface area contributed by atoms with E-state index in [1.165, 1.54) is 25.4 Å². The number of hydrogen-bond acceptors (Lipinski definition) is 8. The van der Waals surface area contributed by atoms with Gasteiger partial charge in [0.15, 0.2) is 5.69 Å². The minimum atomic E-state index is -0.790. The third-order valence-electron chi connectivity index (χ3n) is 4.08. The zero-order chi connectivity index (χ0) is 21.3. The van der Waals surface area contributed by atoms with Crippen LogP contribution in [0.5, 0.6) is 0 Å². The lowest BCUT2D eigenvalue weighted by molar-refractivity contribution is 0.0904.